The molecular formula is C57H92F3N7O7S2. The van der Waals surface area contributed by atoms with Crippen molar-refractivity contribution < 1.29 is 47.4 Å². The molecule has 0 spiro atoms. The summed E-state index contributed by atoms with van der Waals surface area (Å²) in [5, 5.41) is 19.2. The number of unbranched alkanes of at least 4 members (excludes halogenated alkanes) is 10. The van der Waals surface area contributed by atoms with Crippen LogP contribution in [0.1, 0.15) is 210 Å². The third kappa shape index (κ3) is 31.4. The lowest BCUT2D eigenvalue weighted by molar-refractivity contribution is -0.192. The fourth-order valence-corrected chi connectivity index (χ4v) is 10.2. The van der Waals surface area contributed by atoms with Crippen molar-refractivity contribution in [2.75, 3.05) is 26.2 Å². The van der Waals surface area contributed by atoms with Crippen LogP contribution in [0.4, 0.5) is 24.5 Å². The summed E-state index contributed by atoms with van der Waals surface area (Å²) < 4.78 is 31.7. The average Bonchev–Trinajstić information content (AvgIpc) is 3.77. The number of carboxylic acids is 2. The summed E-state index contributed by atoms with van der Waals surface area (Å²) in [5.41, 5.74) is 20.4. The van der Waals surface area contributed by atoms with Gasteiger partial charge in [-0.15, -0.1) is 22.7 Å². The monoisotopic (exact) mass is 1110 g/mol. The van der Waals surface area contributed by atoms with Gasteiger partial charge in [-0.05, 0) is 93.0 Å². The maximum Gasteiger partial charge on any atom is 0.490 e. The number of fused-ring (bicyclic) bond motifs is 2. The molecule has 2 amide bonds. The molecule has 2 aromatic rings. The van der Waals surface area contributed by atoms with Crippen LogP contribution in [0.15, 0.2) is 33.3 Å². The van der Waals surface area contributed by atoms with Crippen molar-refractivity contribution in [3.05, 3.63) is 42.8 Å². The molecule has 2 aromatic heterocycles. The molecule has 9 N–H and O–H groups in total. The highest BCUT2D eigenvalue weighted by atomic mass is 32.1. The average molecular weight is 1110 g/mol. The number of ketones is 1. The number of hydrogen-bond acceptors (Lipinski definition) is 12. The van der Waals surface area contributed by atoms with Gasteiger partial charge in [0.15, 0.2) is 0 Å². The second kappa shape index (κ2) is 36.3. The van der Waals surface area contributed by atoms with E-state index < -0.39 is 18.1 Å². The molecule has 0 bridgehead atoms. The lowest BCUT2D eigenvalue weighted by Gasteiger charge is -2.24. The number of carboxylic acid groups (broad SMARTS) is 2. The Morgan fingerprint density at radius 1 is 0.645 bits per heavy atom. The van der Waals surface area contributed by atoms with Gasteiger partial charge >= 0.3 is 18.1 Å². The van der Waals surface area contributed by atoms with E-state index in [2.05, 4.69) is 62.9 Å². The van der Waals surface area contributed by atoms with E-state index >= 15 is 0 Å². The molecule has 0 saturated heterocycles. The Balaban J connectivity index is 0.000000579. The fraction of sp³-hybridized carbons (Fsp3) is 0.667. The first-order valence-corrected chi connectivity index (χ1v) is 28.9. The first-order valence-electron chi connectivity index (χ1n) is 27.3. The molecule has 76 heavy (non-hydrogen) atoms. The molecule has 0 saturated carbocycles. The van der Waals surface area contributed by atoms with E-state index in [0.717, 1.165) is 91.9 Å². The Bertz CT molecular complexity index is 2230. The van der Waals surface area contributed by atoms with Crippen LogP contribution in [0, 0.1) is 10.8 Å². The van der Waals surface area contributed by atoms with Crippen molar-refractivity contribution in [1.82, 2.24) is 10.2 Å². The lowest BCUT2D eigenvalue weighted by atomic mass is 9.88. The number of alkyl halides is 3. The lowest BCUT2D eigenvalue weighted by Crippen LogP contribution is -2.36. The summed E-state index contributed by atoms with van der Waals surface area (Å²) in [5.74, 6) is -2.34. The summed E-state index contributed by atoms with van der Waals surface area (Å²) in [6.45, 7) is 21.6. The summed E-state index contributed by atoms with van der Waals surface area (Å²) in [6.07, 6.45) is 20.6. The highest BCUT2D eigenvalue weighted by molar-refractivity contribution is 7.13. The number of carbonyl (C=O) groups is 5. The van der Waals surface area contributed by atoms with E-state index in [1.807, 2.05) is 37.8 Å². The van der Waals surface area contributed by atoms with Crippen LogP contribution in [-0.2, 0) is 36.8 Å². The molecule has 0 fully saturated rings. The Morgan fingerprint density at radius 3 is 1.57 bits per heavy atom. The molecule has 2 aliphatic heterocycles. The zero-order chi connectivity index (χ0) is 57.5. The number of hydrogen-bond donors (Lipinski definition) is 6. The molecular weight excluding hydrogens is 1020 g/mol. The normalized spacial score (nSPS) is 13.2. The Hall–Kier alpha value is -4.88. The number of halogens is 3. The number of amidine groups is 2. The van der Waals surface area contributed by atoms with E-state index in [4.69, 9.17) is 32.2 Å². The van der Waals surface area contributed by atoms with E-state index in [1.54, 1.807) is 28.7 Å². The van der Waals surface area contributed by atoms with E-state index in [9.17, 15) is 32.3 Å². The standard InChI is InChI=1S/C26H43N5O2S.C15H20N2O2S.C14H28O.C2HF3O2/c1-5-13-31(14-9-12-29-24(32)18-26(2,3)4)25(33)19-15-22-21(30-23(28)16-19)17-20(34-22)10-7-6-8-11-27;1-2-3-4-5-6-11-9-12-13(20-11)7-10(15(18)19)8-14(16)17-12;1-5-6-7-8-9-10-11-13(15)12-14(2,3)4;3-2(4,5)1(6)7/h15,17H,5-14,16,18,27H2,1-4H3,(H2,28,30)(H,29,32);7,9H,2-6,8H2,1H3,(H2,16,17)(H,18,19);5-12H2,1-4H3;(H,6,7). The molecule has 0 aliphatic carbocycles. The van der Waals surface area contributed by atoms with E-state index in [0.29, 0.717) is 61.1 Å². The van der Waals surface area contributed by atoms with Crippen LogP contribution in [-0.4, -0.2) is 88.7 Å². The SMILES string of the molecule is CCCCCCCCC(=O)CC(C)(C)C.CCCCCCc1cc2c(s1)C=C(C(=O)O)CC(N)=N2.CCCN(CCCNC(=O)CC(C)(C)C)C(=O)C1=Cc2sc(CCCCCN)cc2N=C(N)C1.O=C(O)C(F)(F)F. The minimum absolute atomic E-state index is 0.00626. The van der Waals surface area contributed by atoms with Gasteiger partial charge in [-0.2, -0.15) is 13.2 Å². The van der Waals surface area contributed by atoms with Crippen LogP contribution >= 0.6 is 22.7 Å². The van der Waals surface area contributed by atoms with Gasteiger partial charge in [0, 0.05) is 72.6 Å². The Kier molecular flexibility index (Phi) is 33.0. The first-order chi connectivity index (χ1) is 35.6. The zero-order valence-corrected chi connectivity index (χ0v) is 48.8. The number of aliphatic imine (C=N–C) groups is 2. The van der Waals surface area contributed by atoms with Gasteiger partial charge in [-0.3, -0.25) is 14.4 Å². The summed E-state index contributed by atoms with van der Waals surface area (Å²) in [7, 11) is 0. The number of rotatable bonds is 27. The van der Waals surface area contributed by atoms with Gasteiger partial charge in [-0.1, -0.05) is 120 Å². The van der Waals surface area contributed by atoms with Gasteiger partial charge in [0.2, 0.25) is 11.8 Å². The van der Waals surface area contributed by atoms with Crippen molar-refractivity contribution in [1.29, 1.82) is 0 Å². The molecule has 4 heterocycles. The minimum Gasteiger partial charge on any atom is -0.478 e. The second-order valence-corrected chi connectivity index (χ2v) is 24.2. The van der Waals surface area contributed by atoms with E-state index in [-0.39, 0.29) is 29.1 Å². The number of aryl methyl sites for hydroxylation is 2. The minimum atomic E-state index is -5.08. The molecule has 2 aliphatic rings. The van der Waals surface area contributed by atoms with E-state index in [1.165, 1.54) is 67.5 Å². The van der Waals surface area contributed by atoms with Crippen molar-refractivity contribution in [2.24, 2.45) is 38.0 Å². The molecule has 0 unspecified atom stereocenters. The van der Waals surface area contributed by atoms with Gasteiger partial charge < -0.3 is 37.6 Å². The number of thiophene rings is 2. The van der Waals surface area contributed by atoms with Gasteiger partial charge in [-0.25, -0.2) is 19.6 Å². The van der Waals surface area contributed by atoms with Crippen LogP contribution in [0.2, 0.25) is 0 Å². The first kappa shape index (κ1) is 69.1. The number of Topliss-reactive ketones (excluding diaryl/α,β-unsaturated/α-hetero) is 1. The van der Waals surface area contributed by atoms with Crippen molar-refractivity contribution >= 4 is 87.4 Å². The highest BCUT2D eigenvalue weighted by Gasteiger charge is 2.38. The fourth-order valence-electron chi connectivity index (χ4n) is 7.95. The molecule has 430 valence electrons. The van der Waals surface area contributed by atoms with Crippen molar-refractivity contribution in [3.8, 4) is 0 Å². The highest BCUT2D eigenvalue weighted by Crippen LogP contribution is 2.37. The summed E-state index contributed by atoms with van der Waals surface area (Å²) in [6, 6.07) is 4.14. The quantitative estimate of drug-likeness (QED) is 0.0462. The molecule has 0 radical (unpaired) electrons. The molecule has 14 nitrogen and oxygen atoms in total. The van der Waals surface area contributed by atoms with Crippen LogP contribution in [0.3, 0.4) is 0 Å². The van der Waals surface area contributed by atoms with Crippen LogP contribution in [0.25, 0.3) is 12.2 Å². The zero-order valence-electron chi connectivity index (χ0n) is 47.2. The molecule has 0 atom stereocenters. The number of nitrogens with zero attached hydrogens (tertiary/aromatic N) is 3. The topological polar surface area (TPSA) is 244 Å². The maximum atomic E-state index is 13.4. The number of nitrogens with two attached hydrogens (primary N) is 3. The summed E-state index contributed by atoms with van der Waals surface area (Å²) in [4.78, 5) is 72.3. The maximum absolute atomic E-state index is 13.4. The predicted molar refractivity (Wildman–Crippen MR) is 308 cm³/mol. The van der Waals surface area contributed by atoms with Crippen LogP contribution in [0.5, 0.6) is 0 Å². The third-order valence-corrected chi connectivity index (χ3v) is 13.9. The number of amides is 2. The Labute approximate surface area is 459 Å². The Morgan fingerprint density at radius 2 is 1.11 bits per heavy atom. The van der Waals surface area contributed by atoms with Crippen molar-refractivity contribution in [2.45, 2.75) is 210 Å². The number of nitrogens with one attached hydrogen (secondary N) is 1. The predicted octanol–water partition coefficient (Wildman–Crippen LogP) is 13.5. The molecule has 19 heteroatoms. The van der Waals surface area contributed by atoms with Crippen molar-refractivity contribution in [3.63, 3.8) is 0 Å². The number of aliphatic carboxylic acids is 2. The third-order valence-electron chi connectivity index (χ3n) is 11.6. The molecule has 4 rings (SSSR count). The molecule has 0 aromatic carbocycles. The largest absolute Gasteiger partial charge is 0.490 e. The van der Waals surface area contributed by atoms with Gasteiger partial charge in [0.05, 0.1) is 21.1 Å². The second-order valence-electron chi connectivity index (χ2n) is 21.9. The summed E-state index contributed by atoms with van der Waals surface area (Å²) >= 11 is 3.32. The van der Waals surface area contributed by atoms with Gasteiger partial charge in [0.1, 0.15) is 17.5 Å². The number of carbonyl (C=O) groups excluding carboxylic acids is 3. The smallest absolute Gasteiger partial charge is 0.478 e. The van der Waals surface area contributed by atoms with Crippen LogP contribution < -0.4 is 22.5 Å². The van der Waals surface area contributed by atoms with Gasteiger partial charge in [0.25, 0.3) is 0 Å².